The summed E-state index contributed by atoms with van der Waals surface area (Å²) in [6.07, 6.45) is -0.430. The third-order valence-corrected chi connectivity index (χ3v) is 4.06. The Bertz CT molecular complexity index is 702. The molecule has 112 valence electrons. The zero-order valence-electron chi connectivity index (χ0n) is 11.7. The van der Waals surface area contributed by atoms with Gasteiger partial charge in [-0.25, -0.2) is 0 Å². The van der Waals surface area contributed by atoms with Gasteiger partial charge in [-0.15, -0.1) is 0 Å². The van der Waals surface area contributed by atoms with Crippen LogP contribution in [0.3, 0.4) is 0 Å². The molecule has 2 unspecified atom stereocenters. The number of anilines is 1. The highest BCUT2D eigenvalue weighted by molar-refractivity contribution is 9.10. The van der Waals surface area contributed by atoms with E-state index in [9.17, 15) is 9.59 Å². The summed E-state index contributed by atoms with van der Waals surface area (Å²) in [5.41, 5.74) is 1.52. The van der Waals surface area contributed by atoms with Crippen molar-refractivity contribution < 1.29 is 14.3 Å². The third-order valence-electron chi connectivity index (χ3n) is 3.57. The first-order valence-corrected chi connectivity index (χ1v) is 7.73. The van der Waals surface area contributed by atoms with Crippen LogP contribution in [0.15, 0.2) is 59.1 Å². The molecule has 1 fully saturated rings. The van der Waals surface area contributed by atoms with Gasteiger partial charge in [-0.1, -0.05) is 52.3 Å². The number of hydrogen-bond acceptors (Lipinski definition) is 3. The van der Waals surface area contributed by atoms with E-state index in [0.717, 1.165) is 10.0 Å². The van der Waals surface area contributed by atoms with Crippen molar-refractivity contribution in [3.8, 4) is 0 Å². The summed E-state index contributed by atoms with van der Waals surface area (Å²) in [4.78, 5) is 24.1. The van der Waals surface area contributed by atoms with Gasteiger partial charge in [0.05, 0.1) is 12.3 Å². The monoisotopic (exact) mass is 359 g/mol. The minimum absolute atomic E-state index is 0.0966. The molecule has 0 aliphatic carbocycles. The van der Waals surface area contributed by atoms with E-state index in [-0.39, 0.29) is 18.3 Å². The van der Waals surface area contributed by atoms with Crippen LogP contribution in [0.25, 0.3) is 0 Å². The molecule has 1 amide bonds. The van der Waals surface area contributed by atoms with Crippen LogP contribution < -0.4 is 5.32 Å². The number of esters is 1. The van der Waals surface area contributed by atoms with Crippen molar-refractivity contribution in [1.29, 1.82) is 0 Å². The van der Waals surface area contributed by atoms with Crippen LogP contribution in [-0.2, 0) is 14.3 Å². The van der Waals surface area contributed by atoms with Crippen molar-refractivity contribution in [1.82, 2.24) is 0 Å². The van der Waals surface area contributed by atoms with Crippen LogP contribution in [0, 0.1) is 5.92 Å². The first-order valence-electron chi connectivity index (χ1n) is 6.94. The SMILES string of the molecule is O=C1CC(C(=O)Nc2cccc(Br)c2)C(c2ccccc2)O1. The van der Waals surface area contributed by atoms with E-state index in [1.54, 1.807) is 6.07 Å². The van der Waals surface area contributed by atoms with E-state index in [4.69, 9.17) is 4.74 Å². The Balaban J connectivity index is 1.79. The molecule has 0 radical (unpaired) electrons. The van der Waals surface area contributed by atoms with Gasteiger partial charge in [0.2, 0.25) is 5.91 Å². The molecule has 0 spiro atoms. The van der Waals surface area contributed by atoms with Gasteiger partial charge in [0.1, 0.15) is 6.10 Å². The van der Waals surface area contributed by atoms with Crippen molar-refractivity contribution >= 4 is 33.5 Å². The molecule has 2 aromatic rings. The number of hydrogen-bond donors (Lipinski definition) is 1. The second kappa shape index (κ2) is 6.32. The van der Waals surface area contributed by atoms with Crippen LogP contribution in [0.2, 0.25) is 0 Å². The standard InChI is InChI=1S/C17H14BrNO3/c18-12-7-4-8-13(9-12)19-17(21)14-10-15(20)22-16(14)11-5-2-1-3-6-11/h1-9,14,16H,10H2,(H,19,21). The van der Waals surface area contributed by atoms with Gasteiger partial charge in [-0.2, -0.15) is 0 Å². The van der Waals surface area contributed by atoms with Crippen LogP contribution in [0.4, 0.5) is 5.69 Å². The van der Waals surface area contributed by atoms with Crippen LogP contribution in [-0.4, -0.2) is 11.9 Å². The molecule has 1 aliphatic rings. The first-order chi connectivity index (χ1) is 10.6. The predicted octanol–water partition coefficient (Wildman–Crippen LogP) is 3.69. The minimum atomic E-state index is -0.527. The molecule has 4 nitrogen and oxygen atoms in total. The molecule has 22 heavy (non-hydrogen) atoms. The number of amides is 1. The number of benzene rings is 2. The number of carbonyl (C=O) groups is 2. The lowest BCUT2D eigenvalue weighted by molar-refractivity contribution is -0.141. The lowest BCUT2D eigenvalue weighted by atomic mass is 9.94. The molecule has 1 saturated heterocycles. The summed E-state index contributed by atoms with van der Waals surface area (Å²) >= 11 is 3.36. The van der Waals surface area contributed by atoms with Gasteiger partial charge < -0.3 is 10.1 Å². The highest BCUT2D eigenvalue weighted by atomic mass is 79.9. The van der Waals surface area contributed by atoms with Crippen molar-refractivity contribution in [2.24, 2.45) is 5.92 Å². The normalized spacial score (nSPS) is 20.5. The van der Waals surface area contributed by atoms with Crippen LogP contribution in [0.5, 0.6) is 0 Å². The average molecular weight is 360 g/mol. The number of rotatable bonds is 3. The summed E-state index contributed by atoms with van der Waals surface area (Å²) in [6, 6.07) is 16.7. The van der Waals surface area contributed by atoms with Crippen LogP contribution >= 0.6 is 15.9 Å². The summed E-state index contributed by atoms with van der Waals surface area (Å²) < 4.78 is 6.21. The first kappa shape index (κ1) is 14.8. The zero-order valence-corrected chi connectivity index (χ0v) is 13.2. The van der Waals surface area contributed by atoms with E-state index >= 15 is 0 Å². The molecule has 0 saturated carbocycles. The van der Waals surface area contributed by atoms with Gasteiger partial charge in [0.15, 0.2) is 0 Å². The smallest absolute Gasteiger partial charge is 0.307 e. The fraction of sp³-hybridized carbons (Fsp3) is 0.176. The molecule has 1 aliphatic heterocycles. The topological polar surface area (TPSA) is 55.4 Å². The largest absolute Gasteiger partial charge is 0.457 e. The highest BCUT2D eigenvalue weighted by Gasteiger charge is 2.40. The van der Waals surface area contributed by atoms with Crippen LogP contribution in [0.1, 0.15) is 18.1 Å². The van der Waals surface area contributed by atoms with E-state index in [1.807, 2.05) is 48.5 Å². The number of cyclic esters (lactones) is 1. The van der Waals surface area contributed by atoms with Gasteiger partial charge in [-0.05, 0) is 23.8 Å². The minimum Gasteiger partial charge on any atom is -0.457 e. The van der Waals surface area contributed by atoms with E-state index in [0.29, 0.717) is 5.69 Å². The molecule has 5 heteroatoms. The summed E-state index contributed by atoms with van der Waals surface area (Å²) in [5, 5.41) is 2.84. The van der Waals surface area contributed by atoms with Crippen molar-refractivity contribution in [3.05, 3.63) is 64.6 Å². The Morgan fingerprint density at radius 1 is 1.14 bits per heavy atom. The number of carbonyl (C=O) groups excluding carboxylic acids is 2. The Morgan fingerprint density at radius 2 is 1.91 bits per heavy atom. The van der Waals surface area contributed by atoms with Gasteiger partial charge >= 0.3 is 5.97 Å². The lowest BCUT2D eigenvalue weighted by Gasteiger charge is -2.17. The molecule has 2 atom stereocenters. The maximum Gasteiger partial charge on any atom is 0.307 e. The fourth-order valence-electron chi connectivity index (χ4n) is 2.53. The van der Waals surface area contributed by atoms with E-state index in [2.05, 4.69) is 21.2 Å². The molecule has 3 rings (SSSR count). The maximum absolute atomic E-state index is 12.5. The van der Waals surface area contributed by atoms with E-state index in [1.165, 1.54) is 0 Å². The van der Waals surface area contributed by atoms with Gasteiger partial charge in [-0.3, -0.25) is 9.59 Å². The maximum atomic E-state index is 12.5. The zero-order chi connectivity index (χ0) is 15.5. The number of ether oxygens (including phenoxy) is 1. The highest BCUT2D eigenvalue weighted by Crippen LogP contribution is 2.36. The molecule has 2 aromatic carbocycles. The number of nitrogens with one attached hydrogen (secondary N) is 1. The Morgan fingerprint density at radius 3 is 2.64 bits per heavy atom. The molecule has 0 aromatic heterocycles. The predicted molar refractivity (Wildman–Crippen MR) is 86.2 cm³/mol. The van der Waals surface area contributed by atoms with Gasteiger partial charge in [0.25, 0.3) is 0 Å². The molecule has 1 heterocycles. The Hall–Kier alpha value is -2.14. The molecule has 0 bridgehead atoms. The average Bonchev–Trinajstić information content (AvgIpc) is 2.90. The van der Waals surface area contributed by atoms with Crippen molar-refractivity contribution in [2.75, 3.05) is 5.32 Å². The second-order valence-electron chi connectivity index (χ2n) is 5.13. The molecule has 1 N–H and O–H groups in total. The summed E-state index contributed by atoms with van der Waals surface area (Å²) in [6.45, 7) is 0. The van der Waals surface area contributed by atoms with Crippen molar-refractivity contribution in [2.45, 2.75) is 12.5 Å². The van der Waals surface area contributed by atoms with Crippen molar-refractivity contribution in [3.63, 3.8) is 0 Å². The Labute approximate surface area is 136 Å². The van der Waals surface area contributed by atoms with Gasteiger partial charge in [0, 0.05) is 10.2 Å². The molecular weight excluding hydrogens is 346 g/mol. The second-order valence-corrected chi connectivity index (χ2v) is 6.05. The Kier molecular flexibility index (Phi) is 4.24. The fourth-order valence-corrected chi connectivity index (χ4v) is 2.93. The summed E-state index contributed by atoms with van der Waals surface area (Å²) in [7, 11) is 0. The van der Waals surface area contributed by atoms with E-state index < -0.39 is 12.0 Å². The molecular formula is C17H14BrNO3. The summed E-state index contributed by atoms with van der Waals surface area (Å²) in [5.74, 6) is -1.07. The quantitative estimate of drug-likeness (QED) is 0.850. The number of halogens is 1. The lowest BCUT2D eigenvalue weighted by Crippen LogP contribution is -2.25. The third kappa shape index (κ3) is 3.20.